The molecule has 35 heavy (non-hydrogen) atoms. The Balaban J connectivity index is 1.66. The lowest BCUT2D eigenvalue weighted by Crippen LogP contribution is -2.37. The fourth-order valence-corrected chi connectivity index (χ4v) is 4.01. The molecule has 0 radical (unpaired) electrons. The number of aryl methyl sites for hydroxylation is 1. The standard InChI is InChI=1S/C26H29FN4O4/c1-4-25(32)31(19-6-7-21(27)18(2)14-19)26-20-15-24(23(33-3)16-22(20)28-17-29-26)35-11-5-8-30-9-12-34-13-10-30/h4,6-7,14-17H,1,5,8-13H2,2-3H3. The van der Waals surface area contributed by atoms with Crippen LogP contribution in [0.4, 0.5) is 15.9 Å². The maximum absolute atomic E-state index is 13.9. The molecule has 2 heterocycles. The van der Waals surface area contributed by atoms with Crippen molar-refractivity contribution in [3.05, 3.63) is 60.7 Å². The van der Waals surface area contributed by atoms with E-state index in [-0.39, 0.29) is 5.82 Å². The van der Waals surface area contributed by atoms with E-state index in [2.05, 4.69) is 21.4 Å². The topological polar surface area (TPSA) is 77.0 Å². The van der Waals surface area contributed by atoms with E-state index in [0.717, 1.165) is 39.3 Å². The number of morpholine rings is 1. The molecular weight excluding hydrogens is 451 g/mol. The highest BCUT2D eigenvalue weighted by Crippen LogP contribution is 2.37. The number of benzene rings is 2. The van der Waals surface area contributed by atoms with Gasteiger partial charge in [0.15, 0.2) is 17.3 Å². The number of hydrogen-bond acceptors (Lipinski definition) is 7. The number of nitrogens with zero attached hydrogens (tertiary/aromatic N) is 4. The fraction of sp³-hybridized carbons (Fsp3) is 0.346. The van der Waals surface area contributed by atoms with Gasteiger partial charge in [-0.05, 0) is 49.2 Å². The molecule has 1 aliphatic rings. The van der Waals surface area contributed by atoms with Crippen LogP contribution in [0.15, 0.2) is 49.3 Å². The maximum atomic E-state index is 13.9. The minimum atomic E-state index is -0.403. The van der Waals surface area contributed by atoms with Crippen LogP contribution in [0.5, 0.6) is 11.5 Å². The molecule has 8 nitrogen and oxygen atoms in total. The van der Waals surface area contributed by atoms with Crippen LogP contribution in [0.3, 0.4) is 0 Å². The van der Waals surface area contributed by atoms with Crippen LogP contribution in [0, 0.1) is 12.7 Å². The summed E-state index contributed by atoms with van der Waals surface area (Å²) in [6.07, 6.45) is 3.41. The van der Waals surface area contributed by atoms with Gasteiger partial charge in [-0.25, -0.2) is 14.4 Å². The number of aromatic nitrogens is 2. The Bertz CT molecular complexity index is 1210. The first-order valence-electron chi connectivity index (χ1n) is 11.5. The molecular formula is C26H29FN4O4. The van der Waals surface area contributed by atoms with E-state index in [9.17, 15) is 9.18 Å². The average molecular weight is 481 g/mol. The molecule has 1 aromatic heterocycles. The van der Waals surface area contributed by atoms with E-state index in [1.807, 2.05) is 0 Å². The number of fused-ring (bicyclic) bond motifs is 1. The first-order chi connectivity index (χ1) is 17.0. The Morgan fingerprint density at radius 2 is 2.03 bits per heavy atom. The van der Waals surface area contributed by atoms with Gasteiger partial charge < -0.3 is 14.2 Å². The summed E-state index contributed by atoms with van der Waals surface area (Å²) < 4.78 is 30.9. The molecule has 0 unspecified atom stereocenters. The van der Waals surface area contributed by atoms with Crippen molar-refractivity contribution in [3.63, 3.8) is 0 Å². The molecule has 3 aromatic rings. The predicted molar refractivity (Wildman–Crippen MR) is 132 cm³/mol. The quantitative estimate of drug-likeness (QED) is 0.338. The summed E-state index contributed by atoms with van der Waals surface area (Å²) in [7, 11) is 1.57. The van der Waals surface area contributed by atoms with Gasteiger partial charge in [0.25, 0.3) is 5.91 Å². The average Bonchev–Trinajstić information content (AvgIpc) is 2.89. The van der Waals surface area contributed by atoms with Crippen molar-refractivity contribution in [3.8, 4) is 11.5 Å². The van der Waals surface area contributed by atoms with Crippen molar-refractivity contribution < 1.29 is 23.4 Å². The first kappa shape index (κ1) is 24.6. The highest BCUT2D eigenvalue weighted by molar-refractivity contribution is 6.10. The van der Waals surface area contributed by atoms with Crippen LogP contribution in [0.25, 0.3) is 10.9 Å². The maximum Gasteiger partial charge on any atom is 0.256 e. The highest BCUT2D eigenvalue weighted by Gasteiger charge is 2.22. The van der Waals surface area contributed by atoms with Gasteiger partial charge in [0, 0.05) is 31.1 Å². The largest absolute Gasteiger partial charge is 0.493 e. The third kappa shape index (κ3) is 5.58. The van der Waals surface area contributed by atoms with Crippen molar-refractivity contribution in [1.29, 1.82) is 0 Å². The Morgan fingerprint density at radius 1 is 1.23 bits per heavy atom. The smallest absolute Gasteiger partial charge is 0.256 e. The molecule has 1 saturated heterocycles. The van der Waals surface area contributed by atoms with Gasteiger partial charge in [-0.3, -0.25) is 14.6 Å². The summed E-state index contributed by atoms with van der Waals surface area (Å²) in [6.45, 7) is 10.0. The lowest BCUT2D eigenvalue weighted by atomic mass is 10.1. The number of methoxy groups -OCH3 is 1. The van der Waals surface area contributed by atoms with Crippen LogP contribution in [-0.2, 0) is 9.53 Å². The zero-order valence-corrected chi connectivity index (χ0v) is 20.0. The second kappa shape index (κ2) is 11.2. The Kier molecular flexibility index (Phi) is 7.89. The molecule has 0 saturated carbocycles. The number of hydrogen-bond donors (Lipinski definition) is 0. The van der Waals surface area contributed by atoms with Crippen molar-refractivity contribution >= 4 is 28.3 Å². The van der Waals surface area contributed by atoms with Gasteiger partial charge in [0.05, 0.1) is 38.1 Å². The minimum absolute atomic E-state index is 0.340. The molecule has 0 N–H and O–H groups in total. The van der Waals surface area contributed by atoms with Gasteiger partial charge >= 0.3 is 0 Å². The molecule has 9 heteroatoms. The van der Waals surface area contributed by atoms with Crippen molar-refractivity contribution in [1.82, 2.24) is 14.9 Å². The molecule has 184 valence electrons. The van der Waals surface area contributed by atoms with Gasteiger partial charge in [-0.1, -0.05) is 6.58 Å². The first-order valence-corrected chi connectivity index (χ1v) is 11.5. The fourth-order valence-electron chi connectivity index (χ4n) is 4.01. The normalized spacial score (nSPS) is 14.0. The Morgan fingerprint density at radius 3 is 2.74 bits per heavy atom. The van der Waals surface area contributed by atoms with Gasteiger partial charge in [-0.2, -0.15) is 0 Å². The molecule has 0 spiro atoms. The number of carbonyl (C=O) groups excluding carboxylic acids is 1. The monoisotopic (exact) mass is 480 g/mol. The minimum Gasteiger partial charge on any atom is -0.493 e. The number of anilines is 2. The third-order valence-electron chi connectivity index (χ3n) is 5.89. The zero-order valence-electron chi connectivity index (χ0n) is 20.0. The number of amides is 1. The summed E-state index contributed by atoms with van der Waals surface area (Å²) in [6, 6.07) is 7.98. The predicted octanol–water partition coefficient (Wildman–Crippen LogP) is 4.04. The molecule has 1 fully saturated rings. The lowest BCUT2D eigenvalue weighted by molar-refractivity contribution is -0.113. The molecule has 0 bridgehead atoms. The van der Waals surface area contributed by atoms with E-state index < -0.39 is 5.91 Å². The van der Waals surface area contributed by atoms with Crippen LogP contribution < -0.4 is 14.4 Å². The van der Waals surface area contributed by atoms with Gasteiger partial charge in [0.2, 0.25) is 0 Å². The molecule has 2 aromatic carbocycles. The summed E-state index contributed by atoms with van der Waals surface area (Å²) in [5.41, 5.74) is 1.46. The SMILES string of the molecule is C=CC(=O)N(c1ccc(F)c(C)c1)c1ncnc2cc(OC)c(OCCCN3CCOCC3)cc12. The summed E-state index contributed by atoms with van der Waals surface area (Å²) in [5, 5.41) is 0.591. The summed E-state index contributed by atoms with van der Waals surface area (Å²) in [5.74, 6) is 0.642. The Labute approximate surface area is 203 Å². The molecule has 1 aliphatic heterocycles. The highest BCUT2D eigenvalue weighted by atomic mass is 19.1. The molecule has 1 amide bonds. The van der Waals surface area contributed by atoms with Crippen LogP contribution in [0.2, 0.25) is 0 Å². The number of carbonyl (C=O) groups is 1. The van der Waals surface area contributed by atoms with Crippen molar-refractivity contribution in [2.75, 3.05) is 51.5 Å². The second-order valence-corrected chi connectivity index (χ2v) is 8.18. The van der Waals surface area contributed by atoms with Gasteiger partial charge in [-0.15, -0.1) is 0 Å². The lowest BCUT2D eigenvalue weighted by Gasteiger charge is -2.26. The summed E-state index contributed by atoms with van der Waals surface area (Å²) in [4.78, 5) is 25.4. The van der Waals surface area contributed by atoms with E-state index >= 15 is 0 Å². The zero-order chi connectivity index (χ0) is 24.8. The van der Waals surface area contributed by atoms with E-state index in [1.165, 1.54) is 29.4 Å². The second-order valence-electron chi connectivity index (χ2n) is 8.18. The van der Waals surface area contributed by atoms with Crippen LogP contribution in [-0.4, -0.2) is 67.3 Å². The molecule has 4 rings (SSSR count). The van der Waals surface area contributed by atoms with Crippen molar-refractivity contribution in [2.45, 2.75) is 13.3 Å². The third-order valence-corrected chi connectivity index (χ3v) is 5.89. The summed E-state index contributed by atoms with van der Waals surface area (Å²) >= 11 is 0. The van der Waals surface area contributed by atoms with Crippen LogP contribution >= 0.6 is 0 Å². The number of rotatable bonds is 9. The van der Waals surface area contributed by atoms with Crippen molar-refractivity contribution in [2.24, 2.45) is 0 Å². The molecule has 0 atom stereocenters. The molecule has 0 aliphatic carbocycles. The number of halogens is 1. The van der Waals surface area contributed by atoms with E-state index in [1.54, 1.807) is 32.2 Å². The number of ether oxygens (including phenoxy) is 3. The van der Waals surface area contributed by atoms with E-state index in [0.29, 0.717) is 46.1 Å². The van der Waals surface area contributed by atoms with Crippen LogP contribution in [0.1, 0.15) is 12.0 Å². The van der Waals surface area contributed by atoms with Gasteiger partial charge in [0.1, 0.15) is 12.1 Å². The van der Waals surface area contributed by atoms with E-state index in [4.69, 9.17) is 14.2 Å². The Hall–Kier alpha value is -3.56.